The van der Waals surface area contributed by atoms with Crippen LogP contribution in [-0.2, 0) is 19.6 Å². The number of hydrogen-bond donors (Lipinski definition) is 4. The number of nitrogens with one attached hydrogen (secondary N) is 4. The monoisotopic (exact) mass is 312 g/mol. The van der Waals surface area contributed by atoms with E-state index in [0.29, 0.717) is 5.69 Å². The van der Waals surface area contributed by atoms with Gasteiger partial charge in [0, 0.05) is 12.2 Å². The Morgan fingerprint density at radius 3 is 2.76 bits per heavy atom. The van der Waals surface area contributed by atoms with Gasteiger partial charge in [0.15, 0.2) is 0 Å². The van der Waals surface area contributed by atoms with Crippen LogP contribution in [0.3, 0.4) is 0 Å². The molecule has 8 nitrogen and oxygen atoms in total. The highest BCUT2D eigenvalue weighted by Gasteiger charge is 2.24. The van der Waals surface area contributed by atoms with E-state index in [1.54, 1.807) is 6.07 Å². The van der Waals surface area contributed by atoms with Crippen molar-refractivity contribution in [1.82, 2.24) is 15.4 Å². The first-order valence-electron chi connectivity index (χ1n) is 6.27. The van der Waals surface area contributed by atoms with Gasteiger partial charge in [-0.25, -0.2) is 13.1 Å². The summed E-state index contributed by atoms with van der Waals surface area (Å²) >= 11 is 0. The zero-order valence-corrected chi connectivity index (χ0v) is 12.2. The largest absolute Gasteiger partial charge is 0.353 e. The van der Waals surface area contributed by atoms with Crippen molar-refractivity contribution < 1.29 is 18.0 Å². The van der Waals surface area contributed by atoms with Gasteiger partial charge in [0.1, 0.15) is 6.04 Å². The van der Waals surface area contributed by atoms with Gasteiger partial charge in [-0.1, -0.05) is 6.07 Å². The predicted octanol–water partition coefficient (Wildman–Crippen LogP) is -1.38. The number of amides is 2. The minimum absolute atomic E-state index is 0.0627. The van der Waals surface area contributed by atoms with E-state index < -0.39 is 16.1 Å². The molecule has 0 aromatic heterocycles. The Hall–Kier alpha value is -1.97. The van der Waals surface area contributed by atoms with Crippen molar-refractivity contribution in [1.29, 1.82) is 0 Å². The lowest BCUT2D eigenvalue weighted by Gasteiger charge is -2.23. The van der Waals surface area contributed by atoms with Crippen LogP contribution in [-0.4, -0.2) is 46.4 Å². The second-order valence-electron chi connectivity index (χ2n) is 4.46. The lowest BCUT2D eigenvalue weighted by Crippen LogP contribution is -2.56. The van der Waals surface area contributed by atoms with Gasteiger partial charge in [-0.3, -0.25) is 14.9 Å². The molecule has 2 rings (SSSR count). The van der Waals surface area contributed by atoms with Crippen LogP contribution in [0.4, 0.5) is 5.69 Å². The first-order chi connectivity index (χ1) is 9.92. The average molecular weight is 312 g/mol. The summed E-state index contributed by atoms with van der Waals surface area (Å²) in [6, 6.07) is 5.38. The molecule has 21 heavy (non-hydrogen) atoms. The second kappa shape index (κ2) is 6.20. The Morgan fingerprint density at radius 1 is 1.38 bits per heavy atom. The predicted molar refractivity (Wildman–Crippen MR) is 76.1 cm³/mol. The minimum Gasteiger partial charge on any atom is -0.353 e. The Kier molecular flexibility index (Phi) is 4.56. The number of hydrogen-bond acceptors (Lipinski definition) is 5. The third kappa shape index (κ3) is 3.78. The molecule has 1 aromatic rings. The zero-order valence-electron chi connectivity index (χ0n) is 11.3. The summed E-state index contributed by atoms with van der Waals surface area (Å²) in [4.78, 5) is 23.1. The lowest BCUT2D eigenvalue weighted by molar-refractivity contribution is -0.124. The van der Waals surface area contributed by atoms with Crippen LogP contribution in [0.2, 0.25) is 0 Å². The molecule has 4 N–H and O–H groups in total. The SMILES string of the molecule is CNS(=O)(=O)c1cccc(NC(=O)C2CNC(=O)CN2)c1. The molecule has 114 valence electrons. The summed E-state index contributed by atoms with van der Waals surface area (Å²) in [5.41, 5.74) is 0.370. The molecule has 0 spiro atoms. The second-order valence-corrected chi connectivity index (χ2v) is 6.35. The summed E-state index contributed by atoms with van der Waals surface area (Å²) in [5.74, 6) is -0.504. The smallest absolute Gasteiger partial charge is 0.243 e. The molecule has 1 aliphatic heterocycles. The topological polar surface area (TPSA) is 116 Å². The molecule has 1 aromatic carbocycles. The molecule has 0 aliphatic carbocycles. The van der Waals surface area contributed by atoms with Gasteiger partial charge in [0.05, 0.1) is 11.4 Å². The summed E-state index contributed by atoms with van der Waals surface area (Å²) < 4.78 is 25.6. The standard InChI is InChI=1S/C12H16N4O4S/c1-13-21(19,20)9-4-2-3-8(5-9)16-12(18)10-6-15-11(17)7-14-10/h2-5,10,13-14H,6-7H2,1H3,(H,15,17)(H,16,18). The van der Waals surface area contributed by atoms with Crippen LogP contribution in [0.25, 0.3) is 0 Å². The van der Waals surface area contributed by atoms with Gasteiger partial charge in [0.2, 0.25) is 21.8 Å². The highest BCUT2D eigenvalue weighted by molar-refractivity contribution is 7.89. The van der Waals surface area contributed by atoms with Crippen molar-refractivity contribution >= 4 is 27.5 Å². The Bertz CT molecular complexity index is 649. The van der Waals surface area contributed by atoms with Gasteiger partial charge >= 0.3 is 0 Å². The first kappa shape index (κ1) is 15.4. The van der Waals surface area contributed by atoms with E-state index in [1.807, 2.05) is 0 Å². The summed E-state index contributed by atoms with van der Waals surface area (Å²) in [6.07, 6.45) is 0. The molecule has 2 amide bonds. The van der Waals surface area contributed by atoms with Crippen LogP contribution in [0, 0.1) is 0 Å². The third-order valence-electron chi connectivity index (χ3n) is 3.01. The van der Waals surface area contributed by atoms with Crippen molar-refractivity contribution in [3.05, 3.63) is 24.3 Å². The van der Waals surface area contributed by atoms with Gasteiger partial charge in [-0.05, 0) is 25.2 Å². The third-order valence-corrected chi connectivity index (χ3v) is 4.42. The molecule has 1 aliphatic rings. The quantitative estimate of drug-likeness (QED) is 0.547. The van der Waals surface area contributed by atoms with Crippen LogP contribution in [0.15, 0.2) is 29.2 Å². The average Bonchev–Trinajstić information content (AvgIpc) is 2.48. The van der Waals surface area contributed by atoms with E-state index >= 15 is 0 Å². The van der Waals surface area contributed by atoms with E-state index in [-0.39, 0.29) is 29.8 Å². The molecular weight excluding hydrogens is 296 g/mol. The Balaban J connectivity index is 2.08. The summed E-state index contributed by atoms with van der Waals surface area (Å²) in [5, 5.41) is 7.98. The van der Waals surface area contributed by atoms with Gasteiger partial charge in [0.25, 0.3) is 0 Å². The number of carbonyl (C=O) groups is 2. The maximum absolute atomic E-state index is 12.0. The van der Waals surface area contributed by atoms with Crippen molar-refractivity contribution in [2.45, 2.75) is 10.9 Å². The Labute approximate surface area is 122 Å². The number of benzene rings is 1. The highest BCUT2D eigenvalue weighted by atomic mass is 32.2. The molecule has 1 fully saturated rings. The number of carbonyl (C=O) groups excluding carboxylic acids is 2. The molecule has 9 heteroatoms. The molecular formula is C12H16N4O4S. The number of anilines is 1. The maximum Gasteiger partial charge on any atom is 0.243 e. The van der Waals surface area contributed by atoms with Gasteiger partial charge in [-0.15, -0.1) is 0 Å². The first-order valence-corrected chi connectivity index (χ1v) is 7.75. The van der Waals surface area contributed by atoms with Crippen molar-refractivity contribution in [2.24, 2.45) is 0 Å². The molecule has 1 saturated heterocycles. The van der Waals surface area contributed by atoms with Crippen molar-refractivity contribution in [3.63, 3.8) is 0 Å². The fraction of sp³-hybridized carbons (Fsp3) is 0.333. The van der Waals surface area contributed by atoms with E-state index in [4.69, 9.17) is 0 Å². The summed E-state index contributed by atoms with van der Waals surface area (Å²) in [6.45, 7) is 0.269. The van der Waals surface area contributed by atoms with E-state index in [1.165, 1.54) is 25.2 Å². The number of piperazine rings is 1. The number of rotatable bonds is 4. The molecule has 1 unspecified atom stereocenters. The number of sulfonamides is 1. The van der Waals surface area contributed by atoms with Crippen LogP contribution in [0.1, 0.15) is 0 Å². The van der Waals surface area contributed by atoms with Crippen molar-refractivity contribution in [2.75, 3.05) is 25.5 Å². The fourth-order valence-electron chi connectivity index (χ4n) is 1.84. The van der Waals surface area contributed by atoms with Gasteiger partial charge in [-0.2, -0.15) is 0 Å². The lowest BCUT2D eigenvalue weighted by atomic mass is 10.2. The van der Waals surface area contributed by atoms with Crippen molar-refractivity contribution in [3.8, 4) is 0 Å². The fourth-order valence-corrected chi connectivity index (χ4v) is 2.62. The molecule has 0 saturated carbocycles. The van der Waals surface area contributed by atoms with E-state index in [2.05, 4.69) is 20.7 Å². The summed E-state index contributed by atoms with van der Waals surface area (Å²) in [7, 11) is -2.25. The minimum atomic E-state index is -3.56. The molecule has 1 heterocycles. The van der Waals surface area contributed by atoms with Gasteiger partial charge < -0.3 is 10.6 Å². The van der Waals surface area contributed by atoms with Crippen LogP contribution >= 0.6 is 0 Å². The van der Waals surface area contributed by atoms with Crippen LogP contribution in [0.5, 0.6) is 0 Å². The zero-order chi connectivity index (χ0) is 15.5. The van der Waals surface area contributed by atoms with E-state index in [9.17, 15) is 18.0 Å². The highest BCUT2D eigenvalue weighted by Crippen LogP contribution is 2.15. The van der Waals surface area contributed by atoms with E-state index in [0.717, 1.165) is 0 Å². The normalized spacial score (nSPS) is 18.9. The van der Waals surface area contributed by atoms with Crippen LogP contribution < -0.4 is 20.7 Å². The Morgan fingerprint density at radius 2 is 2.14 bits per heavy atom. The molecule has 0 radical (unpaired) electrons. The molecule has 0 bridgehead atoms. The molecule has 1 atom stereocenters. The maximum atomic E-state index is 12.0.